The third kappa shape index (κ3) is 7.49. The number of hydrogen-bond donors (Lipinski definition) is 2. The van der Waals surface area contributed by atoms with Gasteiger partial charge in [-0.05, 0) is 75.8 Å². The molecule has 1 aromatic heterocycles. The van der Waals surface area contributed by atoms with Crippen molar-refractivity contribution in [1.29, 1.82) is 0 Å². The van der Waals surface area contributed by atoms with Crippen LogP contribution < -0.4 is 5.32 Å². The van der Waals surface area contributed by atoms with Crippen molar-refractivity contribution in [3.05, 3.63) is 40.4 Å². The number of aromatic nitrogens is 4. The van der Waals surface area contributed by atoms with Crippen molar-refractivity contribution in [2.24, 2.45) is 11.3 Å². The molecular formula is C31H38Cl2N6O6. The van der Waals surface area contributed by atoms with E-state index in [9.17, 15) is 24.3 Å². The van der Waals surface area contributed by atoms with Crippen molar-refractivity contribution < 1.29 is 29.0 Å². The molecule has 1 saturated heterocycles. The van der Waals surface area contributed by atoms with Gasteiger partial charge < -0.3 is 20.1 Å². The van der Waals surface area contributed by atoms with Crippen LogP contribution in [-0.4, -0.2) is 78.2 Å². The summed E-state index contributed by atoms with van der Waals surface area (Å²) in [5.41, 5.74) is -1.45. The molecule has 3 aliphatic rings. The fourth-order valence-electron chi connectivity index (χ4n) is 6.18. The lowest BCUT2D eigenvalue weighted by Crippen LogP contribution is -2.52. The second-order valence-corrected chi connectivity index (χ2v) is 14.0. The maximum atomic E-state index is 14.2. The van der Waals surface area contributed by atoms with E-state index in [1.54, 1.807) is 39.0 Å². The molecule has 0 unspecified atom stereocenters. The molecule has 0 bridgehead atoms. The van der Waals surface area contributed by atoms with Gasteiger partial charge >= 0.3 is 12.1 Å². The summed E-state index contributed by atoms with van der Waals surface area (Å²) < 4.78 is 5.44. The summed E-state index contributed by atoms with van der Waals surface area (Å²) in [5.74, 6) is -1.80. The maximum absolute atomic E-state index is 14.2. The Bertz CT molecular complexity index is 1510. The first kappa shape index (κ1) is 32.9. The molecule has 1 aromatic carbocycles. The number of nitrogens with zero attached hydrogens (tertiary/aromatic N) is 5. The number of aliphatic carboxylic acids is 1. The fraction of sp³-hybridized carbons (Fsp3) is 0.581. The standard InChI is InChI=1S/C31H38Cl2N6O6/c1-30(2,3)45-29(44)34-23-10-8-6-4-5-7-9-18-15-31(18,28(42)43)16-25(40)24-14-20(17-38(24)27(23)41)39-36-26(35-37-39)21-12-11-19(32)13-22(21)33/h7,9,11-13,18,20,23-24H,4-6,8,10,14-17H2,1-3H3,(H,34,44)(H,42,43)/b9-7-/t18-,20+,23-,24+,31+/m1/s1. The second-order valence-electron chi connectivity index (χ2n) is 13.1. The van der Waals surface area contributed by atoms with Crippen LogP contribution in [0.2, 0.25) is 10.0 Å². The average Bonchev–Trinajstić information content (AvgIpc) is 3.26. The number of carbonyl (C=O) groups excluding carboxylic acids is 3. The van der Waals surface area contributed by atoms with E-state index < -0.39 is 47.1 Å². The minimum Gasteiger partial charge on any atom is -0.481 e. The fourth-order valence-corrected chi connectivity index (χ4v) is 6.68. The first-order chi connectivity index (χ1) is 21.3. The highest BCUT2D eigenvalue weighted by atomic mass is 35.5. The lowest BCUT2D eigenvalue weighted by atomic mass is 9.92. The molecular weight excluding hydrogens is 623 g/mol. The quantitative estimate of drug-likeness (QED) is 0.418. The molecule has 242 valence electrons. The first-order valence-electron chi connectivity index (χ1n) is 15.2. The Morgan fingerprint density at radius 2 is 1.93 bits per heavy atom. The van der Waals surface area contributed by atoms with E-state index in [1.807, 2.05) is 12.2 Å². The molecule has 1 saturated carbocycles. The van der Waals surface area contributed by atoms with Crippen LogP contribution in [-0.2, 0) is 19.1 Å². The monoisotopic (exact) mass is 660 g/mol. The zero-order valence-corrected chi connectivity index (χ0v) is 27.1. The number of amides is 2. The predicted molar refractivity (Wildman–Crippen MR) is 166 cm³/mol. The highest BCUT2D eigenvalue weighted by Gasteiger charge is 2.61. The number of alkyl carbamates (subject to hydrolysis) is 1. The third-order valence-electron chi connectivity index (χ3n) is 8.63. The number of allylic oxidation sites excluding steroid dienone is 2. The summed E-state index contributed by atoms with van der Waals surface area (Å²) >= 11 is 12.4. The minimum atomic E-state index is -1.20. The number of benzene rings is 1. The molecule has 14 heteroatoms. The first-order valence-corrected chi connectivity index (χ1v) is 16.0. The van der Waals surface area contributed by atoms with Gasteiger partial charge in [-0.3, -0.25) is 14.4 Å². The Morgan fingerprint density at radius 3 is 2.64 bits per heavy atom. The zero-order valence-electron chi connectivity index (χ0n) is 25.5. The Kier molecular flexibility index (Phi) is 9.55. The Morgan fingerprint density at radius 1 is 1.16 bits per heavy atom. The van der Waals surface area contributed by atoms with Gasteiger partial charge in [0.15, 0.2) is 5.78 Å². The molecule has 45 heavy (non-hydrogen) atoms. The van der Waals surface area contributed by atoms with Crippen LogP contribution in [0.4, 0.5) is 4.79 Å². The molecule has 5 rings (SSSR count). The minimum absolute atomic E-state index is 0.0648. The van der Waals surface area contributed by atoms with Gasteiger partial charge in [-0.2, -0.15) is 4.80 Å². The zero-order chi connectivity index (χ0) is 32.5. The van der Waals surface area contributed by atoms with Gasteiger partial charge in [-0.25, -0.2) is 4.79 Å². The molecule has 2 aromatic rings. The lowest BCUT2D eigenvalue weighted by Gasteiger charge is -2.30. The average molecular weight is 662 g/mol. The number of tetrazole rings is 1. The topological polar surface area (TPSA) is 157 Å². The number of carboxylic acid groups (broad SMARTS) is 1. The van der Waals surface area contributed by atoms with Crippen LogP contribution in [0.5, 0.6) is 0 Å². The van der Waals surface area contributed by atoms with Crippen LogP contribution in [0, 0.1) is 11.3 Å². The van der Waals surface area contributed by atoms with Crippen molar-refractivity contribution in [2.75, 3.05) is 6.54 Å². The molecule has 3 heterocycles. The van der Waals surface area contributed by atoms with Crippen LogP contribution in [0.15, 0.2) is 30.4 Å². The SMILES string of the molecule is CC(C)(C)OC(=O)N[C@@H]1CCCCC/C=C\[C@@H]2C[C@]2(C(=O)O)CC(=O)[C@@H]2C[C@H](n3nnc(-c4ccc(Cl)cc4Cl)n3)CN2C1=O. The number of carboxylic acids is 1. The van der Waals surface area contributed by atoms with E-state index in [1.165, 1.54) is 9.70 Å². The van der Waals surface area contributed by atoms with Gasteiger partial charge in [-0.15, -0.1) is 10.2 Å². The largest absolute Gasteiger partial charge is 0.481 e. The molecule has 5 atom stereocenters. The van der Waals surface area contributed by atoms with E-state index in [0.29, 0.717) is 34.9 Å². The van der Waals surface area contributed by atoms with Gasteiger partial charge in [0, 0.05) is 30.0 Å². The summed E-state index contributed by atoms with van der Waals surface area (Å²) in [5, 5.41) is 26.5. The lowest BCUT2D eigenvalue weighted by molar-refractivity contribution is -0.147. The summed E-state index contributed by atoms with van der Waals surface area (Å²) in [6.45, 7) is 5.27. The second kappa shape index (κ2) is 13.1. The number of rotatable bonds is 4. The highest BCUT2D eigenvalue weighted by molar-refractivity contribution is 6.36. The van der Waals surface area contributed by atoms with Crippen LogP contribution in [0.1, 0.15) is 78.2 Å². The van der Waals surface area contributed by atoms with E-state index in [2.05, 4.69) is 20.7 Å². The smallest absolute Gasteiger partial charge is 0.408 e. The maximum Gasteiger partial charge on any atom is 0.408 e. The van der Waals surface area contributed by atoms with E-state index >= 15 is 0 Å². The van der Waals surface area contributed by atoms with E-state index in [-0.39, 0.29) is 36.9 Å². The summed E-state index contributed by atoms with van der Waals surface area (Å²) in [7, 11) is 0. The van der Waals surface area contributed by atoms with E-state index in [0.717, 1.165) is 19.3 Å². The summed E-state index contributed by atoms with van der Waals surface area (Å²) in [4.78, 5) is 56.1. The van der Waals surface area contributed by atoms with Crippen LogP contribution in [0.25, 0.3) is 11.4 Å². The third-order valence-corrected chi connectivity index (χ3v) is 9.18. The van der Waals surface area contributed by atoms with Crippen molar-refractivity contribution in [1.82, 2.24) is 30.4 Å². The van der Waals surface area contributed by atoms with Crippen LogP contribution >= 0.6 is 23.2 Å². The normalized spacial score (nSPS) is 28.3. The van der Waals surface area contributed by atoms with Gasteiger partial charge in [0.05, 0.1) is 22.5 Å². The molecule has 1 aliphatic carbocycles. The molecule has 0 spiro atoms. The molecule has 0 radical (unpaired) electrons. The van der Waals surface area contributed by atoms with Crippen molar-refractivity contribution in [3.8, 4) is 11.4 Å². The number of ketones is 1. The number of ether oxygens (including phenoxy) is 1. The van der Waals surface area contributed by atoms with Crippen LogP contribution in [0.3, 0.4) is 0 Å². The molecule has 12 nitrogen and oxygen atoms in total. The van der Waals surface area contributed by atoms with Gasteiger partial charge in [0.25, 0.3) is 0 Å². The number of carbonyl (C=O) groups is 4. The van der Waals surface area contributed by atoms with Gasteiger partial charge in [-0.1, -0.05) is 48.2 Å². The van der Waals surface area contributed by atoms with Crippen molar-refractivity contribution in [2.45, 2.75) is 95.9 Å². The van der Waals surface area contributed by atoms with Gasteiger partial charge in [0.1, 0.15) is 11.6 Å². The predicted octanol–water partition coefficient (Wildman–Crippen LogP) is 5.25. The highest BCUT2D eigenvalue weighted by Crippen LogP contribution is 2.57. The Hall–Kier alpha value is -3.51. The van der Waals surface area contributed by atoms with Crippen molar-refractivity contribution >= 4 is 47.0 Å². The Labute approximate surface area is 271 Å². The Balaban J connectivity index is 1.45. The number of fused-ring (bicyclic) bond motifs is 2. The summed E-state index contributed by atoms with van der Waals surface area (Å²) in [6, 6.07) is 2.49. The number of halogens is 2. The molecule has 2 aliphatic heterocycles. The number of nitrogens with one attached hydrogen (secondary N) is 1. The van der Waals surface area contributed by atoms with E-state index in [4.69, 9.17) is 27.9 Å². The number of Topliss-reactive ketones (excluding diaryl/α,β-unsaturated/α-hetero) is 1. The summed E-state index contributed by atoms with van der Waals surface area (Å²) in [6.07, 6.45) is 6.93. The van der Waals surface area contributed by atoms with Gasteiger partial charge in [0.2, 0.25) is 11.7 Å². The molecule has 2 fully saturated rings. The molecule has 2 amide bonds. The van der Waals surface area contributed by atoms with Crippen molar-refractivity contribution in [3.63, 3.8) is 0 Å². The number of hydrogen-bond acceptors (Lipinski definition) is 8. The molecule has 2 N–H and O–H groups in total.